The second-order valence-electron chi connectivity index (χ2n) is 4.97. The smallest absolute Gasteiger partial charge is 0.0337 e. The van der Waals surface area contributed by atoms with Crippen molar-refractivity contribution in [2.24, 2.45) is 5.92 Å². The third-order valence-corrected chi connectivity index (χ3v) is 4.71. The van der Waals surface area contributed by atoms with Crippen LogP contribution in [0.3, 0.4) is 0 Å². The summed E-state index contributed by atoms with van der Waals surface area (Å²) < 4.78 is 0. The Balaban J connectivity index is 1.88. The lowest BCUT2D eigenvalue weighted by molar-refractivity contribution is 0.205. The van der Waals surface area contributed by atoms with Gasteiger partial charge in [0.05, 0.1) is 0 Å². The maximum atomic E-state index is 3.70. The fourth-order valence-corrected chi connectivity index (χ4v) is 3.79. The zero-order chi connectivity index (χ0) is 10.7. The van der Waals surface area contributed by atoms with Crippen LogP contribution in [0.2, 0.25) is 0 Å². The number of hydrogen-bond acceptors (Lipinski definition) is 3. The summed E-state index contributed by atoms with van der Waals surface area (Å²) in [6, 6.07) is 1.50. The van der Waals surface area contributed by atoms with Gasteiger partial charge in [0.1, 0.15) is 0 Å². The Bertz CT molecular complexity index is 194. The molecule has 2 aliphatic rings. The van der Waals surface area contributed by atoms with E-state index in [0.29, 0.717) is 0 Å². The Kier molecular flexibility index (Phi) is 4.35. The molecule has 0 amide bonds. The lowest BCUT2D eigenvalue weighted by atomic mass is 10.0. The molecular weight excluding hydrogens is 204 g/mol. The lowest BCUT2D eigenvalue weighted by Gasteiger charge is -2.38. The normalized spacial score (nSPS) is 30.4. The van der Waals surface area contributed by atoms with Crippen molar-refractivity contribution < 1.29 is 0 Å². The van der Waals surface area contributed by atoms with Crippen LogP contribution in [0.15, 0.2) is 0 Å². The summed E-state index contributed by atoms with van der Waals surface area (Å²) in [7, 11) is 2.29. The summed E-state index contributed by atoms with van der Waals surface area (Å²) in [5.41, 5.74) is 0. The minimum absolute atomic E-state index is 0.736. The highest BCUT2D eigenvalue weighted by atomic mass is 32.2. The molecule has 1 N–H and O–H groups in total. The first kappa shape index (κ1) is 11.7. The topological polar surface area (TPSA) is 15.3 Å². The van der Waals surface area contributed by atoms with E-state index in [-0.39, 0.29) is 0 Å². The van der Waals surface area contributed by atoms with Crippen molar-refractivity contribution in [2.45, 2.75) is 38.3 Å². The number of nitrogens with one attached hydrogen (secondary N) is 1. The molecule has 2 unspecified atom stereocenters. The zero-order valence-electron chi connectivity index (χ0n) is 10.0. The molecule has 2 fully saturated rings. The van der Waals surface area contributed by atoms with Gasteiger partial charge in [-0.2, -0.15) is 11.8 Å². The second kappa shape index (κ2) is 5.55. The highest BCUT2D eigenvalue weighted by molar-refractivity contribution is 7.99. The van der Waals surface area contributed by atoms with Crippen LogP contribution >= 0.6 is 11.8 Å². The van der Waals surface area contributed by atoms with Crippen LogP contribution in [0.1, 0.15) is 26.2 Å². The molecule has 0 aromatic rings. The molecule has 2 nitrogen and oxygen atoms in total. The molecule has 15 heavy (non-hydrogen) atoms. The maximum absolute atomic E-state index is 3.70. The number of hydrogen-bond donors (Lipinski definition) is 1. The van der Waals surface area contributed by atoms with Crippen molar-refractivity contribution in [2.75, 3.05) is 31.6 Å². The Hall–Kier alpha value is 0.270. The minimum atomic E-state index is 0.736. The molecule has 1 saturated carbocycles. The van der Waals surface area contributed by atoms with Crippen LogP contribution in [0.4, 0.5) is 0 Å². The third kappa shape index (κ3) is 3.36. The van der Waals surface area contributed by atoms with Gasteiger partial charge in [0.15, 0.2) is 0 Å². The Morgan fingerprint density at radius 3 is 2.87 bits per heavy atom. The molecule has 0 spiro atoms. The standard InChI is InChI=1S/C12H24N2S/c1-3-13-11(8-10-4-5-10)12-9-15-7-6-14(12)2/h10-13H,3-9H2,1-2H3. The van der Waals surface area contributed by atoms with Gasteiger partial charge in [0, 0.05) is 30.1 Å². The monoisotopic (exact) mass is 228 g/mol. The maximum Gasteiger partial charge on any atom is 0.0337 e. The van der Waals surface area contributed by atoms with Crippen LogP contribution in [-0.2, 0) is 0 Å². The molecule has 3 heteroatoms. The van der Waals surface area contributed by atoms with E-state index in [0.717, 1.165) is 24.5 Å². The molecule has 0 aromatic heterocycles. The van der Waals surface area contributed by atoms with Gasteiger partial charge in [0.25, 0.3) is 0 Å². The van der Waals surface area contributed by atoms with Crippen LogP contribution in [-0.4, -0.2) is 48.6 Å². The van der Waals surface area contributed by atoms with E-state index in [9.17, 15) is 0 Å². The molecule has 88 valence electrons. The number of nitrogens with zero attached hydrogens (tertiary/aromatic N) is 1. The van der Waals surface area contributed by atoms with Crippen molar-refractivity contribution >= 4 is 11.8 Å². The van der Waals surface area contributed by atoms with E-state index in [1.807, 2.05) is 0 Å². The summed E-state index contributed by atoms with van der Waals surface area (Å²) in [5, 5.41) is 3.70. The Morgan fingerprint density at radius 1 is 1.47 bits per heavy atom. The molecule has 1 aliphatic heterocycles. The van der Waals surface area contributed by atoms with Crippen LogP contribution in [0, 0.1) is 5.92 Å². The van der Waals surface area contributed by atoms with E-state index in [1.165, 1.54) is 37.3 Å². The van der Waals surface area contributed by atoms with Gasteiger partial charge in [-0.15, -0.1) is 0 Å². The quantitative estimate of drug-likeness (QED) is 0.772. The molecule has 1 aliphatic carbocycles. The molecule has 2 atom stereocenters. The van der Waals surface area contributed by atoms with Gasteiger partial charge in [0.2, 0.25) is 0 Å². The van der Waals surface area contributed by atoms with Crippen LogP contribution in [0.25, 0.3) is 0 Å². The van der Waals surface area contributed by atoms with E-state index < -0.39 is 0 Å². The Morgan fingerprint density at radius 2 is 2.27 bits per heavy atom. The largest absolute Gasteiger partial charge is 0.313 e. The molecule has 0 aromatic carbocycles. The SMILES string of the molecule is CCNC(CC1CC1)C1CSCCN1C. The van der Waals surface area contributed by atoms with Crippen molar-refractivity contribution in [1.82, 2.24) is 10.2 Å². The number of thioether (sulfide) groups is 1. The number of rotatable bonds is 5. The lowest BCUT2D eigenvalue weighted by Crippen LogP contribution is -2.52. The van der Waals surface area contributed by atoms with E-state index in [2.05, 4.69) is 35.9 Å². The predicted molar refractivity (Wildman–Crippen MR) is 68.5 cm³/mol. The second-order valence-corrected chi connectivity index (χ2v) is 6.12. The summed E-state index contributed by atoms with van der Waals surface area (Å²) in [6.45, 7) is 4.62. The third-order valence-electron chi connectivity index (χ3n) is 3.66. The van der Waals surface area contributed by atoms with E-state index >= 15 is 0 Å². The average Bonchev–Trinajstić information content (AvgIpc) is 3.02. The van der Waals surface area contributed by atoms with E-state index in [4.69, 9.17) is 0 Å². The van der Waals surface area contributed by atoms with Gasteiger partial charge >= 0.3 is 0 Å². The Labute approximate surface area is 98.2 Å². The van der Waals surface area contributed by atoms with Crippen molar-refractivity contribution in [3.63, 3.8) is 0 Å². The molecule has 2 rings (SSSR count). The fraction of sp³-hybridized carbons (Fsp3) is 1.00. The predicted octanol–water partition coefficient (Wildman–Crippen LogP) is 1.81. The first-order chi connectivity index (χ1) is 7.31. The van der Waals surface area contributed by atoms with Crippen LogP contribution < -0.4 is 5.32 Å². The van der Waals surface area contributed by atoms with Crippen molar-refractivity contribution in [3.05, 3.63) is 0 Å². The molecule has 1 saturated heterocycles. The van der Waals surface area contributed by atoms with Gasteiger partial charge in [-0.05, 0) is 25.9 Å². The van der Waals surface area contributed by atoms with Gasteiger partial charge in [-0.25, -0.2) is 0 Å². The molecule has 1 heterocycles. The first-order valence-electron chi connectivity index (χ1n) is 6.32. The highest BCUT2D eigenvalue weighted by Crippen LogP contribution is 2.35. The first-order valence-corrected chi connectivity index (χ1v) is 7.48. The highest BCUT2D eigenvalue weighted by Gasteiger charge is 2.32. The summed E-state index contributed by atoms with van der Waals surface area (Å²) in [5.74, 6) is 3.67. The van der Waals surface area contributed by atoms with Gasteiger partial charge in [-0.3, -0.25) is 0 Å². The molecule has 0 bridgehead atoms. The molecular formula is C12H24N2S. The van der Waals surface area contributed by atoms with Gasteiger partial charge in [-0.1, -0.05) is 19.8 Å². The minimum Gasteiger partial charge on any atom is -0.313 e. The van der Waals surface area contributed by atoms with Gasteiger partial charge < -0.3 is 10.2 Å². The van der Waals surface area contributed by atoms with Crippen molar-refractivity contribution in [3.8, 4) is 0 Å². The zero-order valence-corrected chi connectivity index (χ0v) is 10.9. The summed E-state index contributed by atoms with van der Waals surface area (Å²) in [4.78, 5) is 2.56. The summed E-state index contributed by atoms with van der Waals surface area (Å²) >= 11 is 2.13. The average molecular weight is 228 g/mol. The van der Waals surface area contributed by atoms with Crippen molar-refractivity contribution in [1.29, 1.82) is 0 Å². The summed E-state index contributed by atoms with van der Waals surface area (Å²) in [6.07, 6.45) is 4.36. The molecule has 0 radical (unpaired) electrons. The van der Waals surface area contributed by atoms with E-state index in [1.54, 1.807) is 0 Å². The number of likely N-dealkylation sites (N-methyl/N-ethyl adjacent to an activating group) is 2. The fourth-order valence-electron chi connectivity index (χ4n) is 2.48. The van der Waals surface area contributed by atoms with Crippen LogP contribution in [0.5, 0.6) is 0 Å².